The predicted octanol–water partition coefficient (Wildman–Crippen LogP) is 4.27. The molecule has 9 heteroatoms. The topological polar surface area (TPSA) is 67.2 Å². The summed E-state index contributed by atoms with van der Waals surface area (Å²) in [5.74, 6) is -2.06. The largest absolute Gasteiger partial charge is 0.387 e. The Labute approximate surface area is 169 Å². The lowest BCUT2D eigenvalue weighted by Gasteiger charge is -2.15. The number of aliphatic hydroxyl groups excluding tert-OH is 1. The Morgan fingerprint density at radius 1 is 1.18 bits per heavy atom. The van der Waals surface area contributed by atoms with Gasteiger partial charge in [-0.3, -0.25) is 4.79 Å². The van der Waals surface area contributed by atoms with E-state index in [1.807, 2.05) is 6.92 Å². The fraction of sp³-hybridized carbons (Fsp3) is 0.158. The second kappa shape index (κ2) is 8.26. The van der Waals surface area contributed by atoms with Crippen molar-refractivity contribution < 1.29 is 13.9 Å². The molecule has 0 aliphatic carbocycles. The van der Waals surface area contributed by atoms with Crippen molar-refractivity contribution in [2.24, 2.45) is 0 Å². The van der Waals surface area contributed by atoms with Gasteiger partial charge in [0.05, 0.1) is 23.7 Å². The minimum atomic E-state index is -1.15. The van der Waals surface area contributed by atoms with E-state index in [0.29, 0.717) is 10.7 Å². The van der Waals surface area contributed by atoms with E-state index in [2.05, 4.69) is 10.4 Å². The van der Waals surface area contributed by atoms with Gasteiger partial charge in [0.2, 0.25) is 0 Å². The van der Waals surface area contributed by atoms with Gasteiger partial charge in [-0.2, -0.15) is 9.78 Å². The fourth-order valence-corrected chi connectivity index (χ4v) is 2.87. The first-order valence-corrected chi connectivity index (χ1v) is 8.94. The maximum absolute atomic E-state index is 13.3. The molecular formula is C19H15Cl2F2N3O2. The molecule has 3 aromatic rings. The van der Waals surface area contributed by atoms with E-state index in [1.165, 1.54) is 12.3 Å². The van der Waals surface area contributed by atoms with Crippen LogP contribution in [0.3, 0.4) is 0 Å². The molecular weight excluding hydrogens is 411 g/mol. The van der Waals surface area contributed by atoms with Gasteiger partial charge in [0.15, 0.2) is 11.6 Å². The second-order valence-electron chi connectivity index (χ2n) is 6.09. The molecule has 1 heterocycles. The minimum absolute atomic E-state index is 0.0910. The van der Waals surface area contributed by atoms with Gasteiger partial charge in [0.1, 0.15) is 5.02 Å². The number of hydrogen-bond donors (Lipinski definition) is 2. The van der Waals surface area contributed by atoms with Crippen LogP contribution in [-0.2, 0) is 0 Å². The molecule has 3 rings (SSSR count). The highest BCUT2D eigenvalue weighted by molar-refractivity contribution is 6.33. The molecule has 1 unspecified atom stereocenters. The molecule has 0 spiro atoms. The first kappa shape index (κ1) is 20.3. The van der Waals surface area contributed by atoms with Crippen molar-refractivity contribution in [2.75, 3.05) is 11.9 Å². The summed E-state index contributed by atoms with van der Waals surface area (Å²) in [6, 6.07) is 8.14. The molecule has 0 amide bonds. The maximum Gasteiger partial charge on any atom is 0.292 e. The van der Waals surface area contributed by atoms with Crippen LogP contribution in [-0.4, -0.2) is 21.4 Å². The first-order chi connectivity index (χ1) is 13.3. The standard InChI is InChI=1S/C19H15Cl2F2N3O2/c1-10-2-4-12(7-13(10)20)26-19(28)18(21)16(8-25-26)24-9-17(27)11-3-5-14(22)15(23)6-11/h2-8,17,24,27H,9H2,1H3. The smallest absolute Gasteiger partial charge is 0.292 e. The maximum atomic E-state index is 13.3. The molecule has 0 bridgehead atoms. The van der Waals surface area contributed by atoms with Crippen LogP contribution in [0.15, 0.2) is 47.4 Å². The molecule has 2 N–H and O–H groups in total. The van der Waals surface area contributed by atoms with E-state index in [4.69, 9.17) is 23.2 Å². The lowest BCUT2D eigenvalue weighted by molar-refractivity contribution is 0.191. The predicted molar refractivity (Wildman–Crippen MR) is 104 cm³/mol. The van der Waals surface area contributed by atoms with Gasteiger partial charge in [0, 0.05) is 11.6 Å². The summed E-state index contributed by atoms with van der Waals surface area (Å²) in [5.41, 5.74) is 1.11. The summed E-state index contributed by atoms with van der Waals surface area (Å²) >= 11 is 12.2. The fourth-order valence-electron chi connectivity index (χ4n) is 2.50. The summed E-state index contributed by atoms with van der Waals surface area (Å²) < 4.78 is 27.4. The molecule has 0 fully saturated rings. The summed E-state index contributed by atoms with van der Waals surface area (Å²) in [5, 5.41) is 17.3. The number of rotatable bonds is 5. The van der Waals surface area contributed by atoms with Gasteiger partial charge in [-0.1, -0.05) is 35.3 Å². The third-order valence-electron chi connectivity index (χ3n) is 4.13. The zero-order chi connectivity index (χ0) is 20.4. The van der Waals surface area contributed by atoms with Gasteiger partial charge in [-0.05, 0) is 42.3 Å². The van der Waals surface area contributed by atoms with Gasteiger partial charge in [-0.15, -0.1) is 0 Å². The van der Waals surface area contributed by atoms with E-state index < -0.39 is 23.3 Å². The molecule has 0 saturated heterocycles. The summed E-state index contributed by atoms with van der Waals surface area (Å²) in [6.45, 7) is 1.74. The SMILES string of the molecule is Cc1ccc(-n2ncc(NCC(O)c3ccc(F)c(F)c3)c(Cl)c2=O)cc1Cl. The molecule has 0 saturated carbocycles. The van der Waals surface area contributed by atoms with Crippen LogP contribution in [0.5, 0.6) is 0 Å². The van der Waals surface area contributed by atoms with Crippen LogP contribution in [0.2, 0.25) is 10.0 Å². The summed E-state index contributed by atoms with van der Waals surface area (Å²) in [7, 11) is 0. The Hall–Kier alpha value is -2.48. The molecule has 0 aliphatic heterocycles. The lowest BCUT2D eigenvalue weighted by atomic mass is 10.1. The molecule has 1 atom stereocenters. The summed E-state index contributed by atoms with van der Waals surface area (Å²) in [4.78, 5) is 12.5. The molecule has 0 radical (unpaired) electrons. The molecule has 2 aromatic carbocycles. The van der Waals surface area contributed by atoms with Crippen molar-refractivity contribution in [1.82, 2.24) is 9.78 Å². The Kier molecular flexibility index (Phi) is 5.98. The van der Waals surface area contributed by atoms with Crippen LogP contribution in [0.4, 0.5) is 14.5 Å². The third-order valence-corrected chi connectivity index (χ3v) is 4.91. The van der Waals surface area contributed by atoms with E-state index in [0.717, 1.165) is 22.4 Å². The Morgan fingerprint density at radius 3 is 2.61 bits per heavy atom. The number of anilines is 1. The minimum Gasteiger partial charge on any atom is -0.387 e. The van der Waals surface area contributed by atoms with Crippen molar-refractivity contribution in [2.45, 2.75) is 13.0 Å². The lowest BCUT2D eigenvalue weighted by Crippen LogP contribution is -2.23. The van der Waals surface area contributed by atoms with E-state index in [9.17, 15) is 18.7 Å². The Morgan fingerprint density at radius 2 is 1.93 bits per heavy atom. The third kappa shape index (κ3) is 4.16. The number of aromatic nitrogens is 2. The number of aliphatic hydroxyl groups is 1. The van der Waals surface area contributed by atoms with E-state index in [-0.39, 0.29) is 22.8 Å². The van der Waals surface area contributed by atoms with E-state index in [1.54, 1.807) is 18.2 Å². The Bertz CT molecular complexity index is 1090. The zero-order valence-corrected chi connectivity index (χ0v) is 16.1. The number of aryl methyl sites for hydroxylation is 1. The zero-order valence-electron chi connectivity index (χ0n) is 14.6. The van der Waals surface area contributed by atoms with Crippen molar-refractivity contribution in [3.05, 3.63) is 85.8 Å². The summed E-state index contributed by atoms with van der Waals surface area (Å²) in [6.07, 6.45) is 0.180. The molecule has 0 aliphatic rings. The number of nitrogens with zero attached hydrogens (tertiary/aromatic N) is 2. The van der Waals surface area contributed by atoms with Crippen molar-refractivity contribution >= 4 is 28.9 Å². The van der Waals surface area contributed by atoms with Crippen molar-refractivity contribution in [1.29, 1.82) is 0 Å². The average Bonchev–Trinajstić information content (AvgIpc) is 2.67. The average molecular weight is 426 g/mol. The van der Waals surface area contributed by atoms with Crippen LogP contribution in [0.25, 0.3) is 5.69 Å². The van der Waals surface area contributed by atoms with Crippen LogP contribution in [0.1, 0.15) is 17.2 Å². The van der Waals surface area contributed by atoms with Gasteiger partial charge in [0.25, 0.3) is 5.56 Å². The van der Waals surface area contributed by atoms with Gasteiger partial charge < -0.3 is 10.4 Å². The van der Waals surface area contributed by atoms with Crippen molar-refractivity contribution in [3.8, 4) is 5.69 Å². The highest BCUT2D eigenvalue weighted by Gasteiger charge is 2.15. The molecule has 5 nitrogen and oxygen atoms in total. The van der Waals surface area contributed by atoms with Gasteiger partial charge >= 0.3 is 0 Å². The number of nitrogens with one attached hydrogen (secondary N) is 1. The number of halogens is 4. The quantitative estimate of drug-likeness (QED) is 0.640. The molecule has 146 valence electrons. The monoisotopic (exact) mass is 425 g/mol. The van der Waals surface area contributed by atoms with Crippen LogP contribution < -0.4 is 10.9 Å². The number of benzene rings is 2. The van der Waals surface area contributed by atoms with Crippen LogP contribution in [0, 0.1) is 18.6 Å². The first-order valence-electron chi connectivity index (χ1n) is 8.19. The Balaban J connectivity index is 1.80. The van der Waals surface area contributed by atoms with Gasteiger partial charge in [-0.25, -0.2) is 8.78 Å². The van der Waals surface area contributed by atoms with E-state index >= 15 is 0 Å². The number of hydrogen-bond acceptors (Lipinski definition) is 4. The molecule has 1 aromatic heterocycles. The van der Waals surface area contributed by atoms with Crippen LogP contribution >= 0.6 is 23.2 Å². The highest BCUT2D eigenvalue weighted by Crippen LogP contribution is 2.22. The normalized spacial score (nSPS) is 12.1. The van der Waals surface area contributed by atoms with Crippen molar-refractivity contribution in [3.63, 3.8) is 0 Å². The second-order valence-corrected chi connectivity index (χ2v) is 6.88. The highest BCUT2D eigenvalue weighted by atomic mass is 35.5. The molecule has 28 heavy (non-hydrogen) atoms.